The average molecular weight is 481 g/mol. The van der Waals surface area contributed by atoms with Crippen LogP contribution in [0, 0.1) is 6.92 Å². The number of alkyl carbamates (subject to hydrolysis) is 1. The molecule has 35 heavy (non-hydrogen) atoms. The van der Waals surface area contributed by atoms with Gasteiger partial charge in [0.1, 0.15) is 12.6 Å². The van der Waals surface area contributed by atoms with Crippen molar-refractivity contribution < 1.29 is 9.53 Å². The lowest BCUT2D eigenvalue weighted by molar-refractivity contribution is 0.137. The maximum Gasteiger partial charge on any atom is 0.408 e. The summed E-state index contributed by atoms with van der Waals surface area (Å²) < 4.78 is 7.34. The molecule has 1 amide bonds. The van der Waals surface area contributed by atoms with Crippen LogP contribution in [-0.2, 0) is 11.3 Å². The third-order valence-corrected chi connectivity index (χ3v) is 6.70. The van der Waals surface area contributed by atoms with E-state index in [-0.39, 0.29) is 6.61 Å². The van der Waals surface area contributed by atoms with Crippen molar-refractivity contribution in [3.05, 3.63) is 126 Å². The van der Waals surface area contributed by atoms with Crippen LogP contribution in [0.1, 0.15) is 28.4 Å². The van der Waals surface area contributed by atoms with Crippen molar-refractivity contribution in [2.45, 2.75) is 29.4 Å². The van der Waals surface area contributed by atoms with E-state index in [1.165, 1.54) is 0 Å². The van der Waals surface area contributed by atoms with E-state index in [1.54, 1.807) is 28.7 Å². The summed E-state index contributed by atoms with van der Waals surface area (Å²) in [6, 6.07) is 29.2. The number of nitrogens with zero attached hydrogens (tertiary/aromatic N) is 3. The molecule has 0 spiro atoms. The zero-order valence-corrected chi connectivity index (χ0v) is 20.0. The summed E-state index contributed by atoms with van der Waals surface area (Å²) in [6.07, 6.45) is 2.96. The molecule has 2 aromatic heterocycles. The Morgan fingerprint density at radius 1 is 0.971 bits per heavy atom. The number of nitrogens with one attached hydrogen (secondary N) is 1. The molecular formula is C28H24N4O2S. The number of amides is 1. The third-order valence-electron chi connectivity index (χ3n) is 5.62. The van der Waals surface area contributed by atoms with Crippen molar-refractivity contribution in [2.24, 2.45) is 0 Å². The minimum Gasteiger partial charge on any atom is -0.445 e. The number of rotatable bonds is 7. The number of carbonyl (C=O) groups excluding carboxylic acids is 1. The zero-order chi connectivity index (χ0) is 24.0. The minimum absolute atomic E-state index is 0.185. The number of hydrogen-bond acceptors (Lipinski definition) is 5. The molecule has 0 aliphatic rings. The van der Waals surface area contributed by atoms with E-state index < -0.39 is 12.1 Å². The molecule has 1 unspecified atom stereocenters. The number of aryl methyl sites for hydroxylation is 1. The van der Waals surface area contributed by atoms with Gasteiger partial charge >= 0.3 is 6.09 Å². The molecule has 1 atom stereocenters. The minimum atomic E-state index is -0.518. The lowest BCUT2D eigenvalue weighted by atomic mass is 9.99. The number of carbonyl (C=O) groups is 1. The highest BCUT2D eigenvalue weighted by molar-refractivity contribution is 7.99. The van der Waals surface area contributed by atoms with Crippen LogP contribution < -0.4 is 5.32 Å². The molecule has 6 nitrogen and oxygen atoms in total. The zero-order valence-electron chi connectivity index (χ0n) is 19.2. The Labute approximate surface area is 208 Å². The summed E-state index contributed by atoms with van der Waals surface area (Å²) in [5, 5.41) is 7.58. The second-order valence-corrected chi connectivity index (χ2v) is 9.13. The maximum atomic E-state index is 13.0. The Morgan fingerprint density at radius 3 is 2.54 bits per heavy atom. The number of aromatic nitrogens is 3. The Hall–Kier alpha value is -4.10. The molecule has 5 aromatic rings. The van der Waals surface area contributed by atoms with Crippen molar-refractivity contribution >= 4 is 23.5 Å². The monoisotopic (exact) mass is 480 g/mol. The van der Waals surface area contributed by atoms with Crippen molar-refractivity contribution in [3.63, 3.8) is 0 Å². The Balaban J connectivity index is 1.52. The van der Waals surface area contributed by atoms with Crippen LogP contribution in [0.25, 0.3) is 5.65 Å². The largest absolute Gasteiger partial charge is 0.445 e. The van der Waals surface area contributed by atoms with Crippen molar-refractivity contribution in [1.82, 2.24) is 19.9 Å². The molecule has 1 N–H and O–H groups in total. The number of fused-ring (bicyclic) bond motifs is 1. The molecule has 5 rings (SSSR count). The molecule has 0 fully saturated rings. The highest BCUT2D eigenvalue weighted by Gasteiger charge is 2.26. The lowest BCUT2D eigenvalue weighted by Gasteiger charge is -2.23. The molecule has 0 aliphatic carbocycles. The van der Waals surface area contributed by atoms with E-state index >= 15 is 0 Å². The fraction of sp³-hybridized carbons (Fsp3) is 0.107. The van der Waals surface area contributed by atoms with Crippen LogP contribution in [-0.4, -0.2) is 20.7 Å². The number of hydrogen-bond donors (Lipinski definition) is 1. The van der Waals surface area contributed by atoms with Gasteiger partial charge in [0, 0.05) is 16.0 Å². The average Bonchev–Trinajstić information content (AvgIpc) is 3.32. The van der Waals surface area contributed by atoms with Gasteiger partial charge in [-0.1, -0.05) is 72.4 Å². The lowest BCUT2D eigenvalue weighted by Crippen LogP contribution is -2.31. The Bertz CT molecular complexity index is 1440. The van der Waals surface area contributed by atoms with E-state index in [1.807, 2.05) is 79.7 Å². The highest BCUT2D eigenvalue weighted by atomic mass is 32.2. The highest BCUT2D eigenvalue weighted by Crippen LogP contribution is 2.37. The van der Waals surface area contributed by atoms with Gasteiger partial charge in [0.25, 0.3) is 0 Å². The number of imidazole rings is 1. The number of ether oxygens (including phenoxy) is 1. The van der Waals surface area contributed by atoms with Gasteiger partial charge in [0.2, 0.25) is 0 Å². The molecule has 0 radical (unpaired) electrons. The quantitative estimate of drug-likeness (QED) is 0.300. The maximum absolute atomic E-state index is 13.0. The summed E-state index contributed by atoms with van der Waals surface area (Å²) in [7, 11) is 0. The van der Waals surface area contributed by atoms with E-state index in [0.717, 1.165) is 32.2 Å². The third kappa shape index (κ3) is 5.20. The fourth-order valence-corrected chi connectivity index (χ4v) is 5.03. The molecule has 174 valence electrons. The van der Waals surface area contributed by atoms with Crippen molar-refractivity contribution in [2.75, 3.05) is 0 Å². The van der Waals surface area contributed by atoms with E-state index in [2.05, 4.69) is 33.6 Å². The van der Waals surface area contributed by atoms with Crippen LogP contribution in [0.3, 0.4) is 0 Å². The van der Waals surface area contributed by atoms with Crippen LogP contribution in [0.5, 0.6) is 0 Å². The first-order valence-electron chi connectivity index (χ1n) is 11.3. The smallest absolute Gasteiger partial charge is 0.408 e. The van der Waals surface area contributed by atoms with Crippen LogP contribution in [0.15, 0.2) is 113 Å². The van der Waals surface area contributed by atoms with Crippen molar-refractivity contribution in [3.8, 4) is 0 Å². The molecule has 0 saturated carbocycles. The molecule has 0 saturated heterocycles. The second kappa shape index (κ2) is 10.4. The van der Waals surface area contributed by atoms with E-state index in [9.17, 15) is 4.79 Å². The topological polar surface area (TPSA) is 68.5 Å². The number of benzene rings is 3. The van der Waals surface area contributed by atoms with Gasteiger partial charge in [-0.3, -0.25) is 0 Å². The summed E-state index contributed by atoms with van der Waals surface area (Å²) >= 11 is 1.65. The van der Waals surface area contributed by atoms with Crippen LogP contribution >= 0.6 is 11.8 Å². The summed E-state index contributed by atoms with van der Waals surface area (Å²) in [6.45, 7) is 2.23. The van der Waals surface area contributed by atoms with Gasteiger partial charge in [-0.05, 0) is 53.9 Å². The Kier molecular flexibility index (Phi) is 6.77. The molecule has 0 aliphatic heterocycles. The first kappa shape index (κ1) is 22.7. The van der Waals surface area contributed by atoms with Gasteiger partial charge in [-0.25, -0.2) is 14.3 Å². The van der Waals surface area contributed by atoms with Crippen molar-refractivity contribution in [1.29, 1.82) is 0 Å². The molecule has 7 heteroatoms. The first-order chi connectivity index (χ1) is 17.2. The fourth-order valence-electron chi connectivity index (χ4n) is 3.95. The molecule has 3 aromatic carbocycles. The SMILES string of the molecule is Cc1cccc(Sc2ccccc2)c1C(NC(=O)OCc1ccccc1)c1cnc2cccnn12. The van der Waals surface area contributed by atoms with Gasteiger partial charge < -0.3 is 10.1 Å². The predicted molar refractivity (Wildman–Crippen MR) is 136 cm³/mol. The molecule has 0 bridgehead atoms. The normalized spacial score (nSPS) is 11.8. The molecule has 2 heterocycles. The predicted octanol–water partition coefficient (Wildman–Crippen LogP) is 6.20. The van der Waals surface area contributed by atoms with Gasteiger partial charge in [-0.2, -0.15) is 5.10 Å². The summed E-state index contributed by atoms with van der Waals surface area (Å²) in [5.74, 6) is 0. The first-order valence-corrected chi connectivity index (χ1v) is 12.1. The van der Waals surface area contributed by atoms with Crippen LogP contribution in [0.4, 0.5) is 4.79 Å². The van der Waals surface area contributed by atoms with E-state index in [4.69, 9.17) is 4.74 Å². The Morgan fingerprint density at radius 2 is 1.74 bits per heavy atom. The van der Waals surface area contributed by atoms with Crippen LogP contribution in [0.2, 0.25) is 0 Å². The summed E-state index contributed by atoms with van der Waals surface area (Å²) in [5.41, 5.74) is 4.40. The van der Waals surface area contributed by atoms with E-state index in [0.29, 0.717) is 5.65 Å². The van der Waals surface area contributed by atoms with Gasteiger partial charge in [0.15, 0.2) is 5.65 Å². The second-order valence-electron chi connectivity index (χ2n) is 8.02. The standard InChI is InChI=1S/C28H24N4O2S/c1-20-10-8-15-24(35-22-13-6-3-7-14-22)26(20)27(23-18-29-25-16-9-17-30-32(23)25)31-28(33)34-19-21-11-4-2-5-12-21/h2-18,27H,19H2,1H3,(H,31,33). The summed E-state index contributed by atoms with van der Waals surface area (Å²) in [4.78, 5) is 19.7. The van der Waals surface area contributed by atoms with Gasteiger partial charge in [-0.15, -0.1) is 0 Å². The molecular weight excluding hydrogens is 456 g/mol. The van der Waals surface area contributed by atoms with Gasteiger partial charge in [0.05, 0.1) is 11.9 Å².